The van der Waals surface area contributed by atoms with Crippen molar-refractivity contribution in [1.29, 1.82) is 0 Å². The molecule has 1 fully saturated rings. The molecule has 3 heterocycles. The van der Waals surface area contributed by atoms with Crippen LogP contribution in [0.15, 0.2) is 18.5 Å². The first-order chi connectivity index (χ1) is 9.79. The molecule has 0 spiro atoms. The lowest BCUT2D eigenvalue weighted by molar-refractivity contribution is 0.370. The summed E-state index contributed by atoms with van der Waals surface area (Å²) in [5.41, 5.74) is 2.12. The Labute approximate surface area is 118 Å². The van der Waals surface area contributed by atoms with E-state index in [4.69, 9.17) is 0 Å². The van der Waals surface area contributed by atoms with Gasteiger partial charge in [0.15, 0.2) is 5.82 Å². The van der Waals surface area contributed by atoms with Crippen LogP contribution in [0.2, 0.25) is 0 Å². The highest BCUT2D eigenvalue weighted by molar-refractivity contribution is 5.51. The van der Waals surface area contributed by atoms with Crippen LogP contribution in [0.1, 0.15) is 24.2 Å². The van der Waals surface area contributed by atoms with Gasteiger partial charge in [-0.05, 0) is 45.2 Å². The van der Waals surface area contributed by atoms with Gasteiger partial charge in [0, 0.05) is 23.5 Å². The molecule has 0 amide bonds. The molecule has 6 nitrogen and oxygen atoms in total. The number of nitrogens with one attached hydrogen (secondary N) is 3. The Morgan fingerprint density at radius 2 is 2.05 bits per heavy atom. The Morgan fingerprint density at radius 3 is 2.80 bits per heavy atom. The minimum absolute atomic E-state index is 0.728. The van der Waals surface area contributed by atoms with Gasteiger partial charge in [-0.2, -0.15) is 5.10 Å². The standard InChI is InChI=1S/C14H20N6/c1-10-6-14(20-19-10)18-13-8-12(16-9-17-13)7-11-2-4-15-5-3-11/h6,8-9,11,15H,2-5,7H2,1H3,(H2,16,17,18,19,20). The van der Waals surface area contributed by atoms with Gasteiger partial charge in [-0.25, -0.2) is 9.97 Å². The summed E-state index contributed by atoms with van der Waals surface area (Å²) < 4.78 is 0. The average Bonchev–Trinajstić information content (AvgIpc) is 2.86. The number of hydrogen-bond acceptors (Lipinski definition) is 5. The van der Waals surface area contributed by atoms with Crippen molar-refractivity contribution >= 4 is 11.6 Å². The van der Waals surface area contributed by atoms with Crippen molar-refractivity contribution < 1.29 is 0 Å². The zero-order valence-corrected chi connectivity index (χ0v) is 11.7. The predicted molar refractivity (Wildman–Crippen MR) is 77.9 cm³/mol. The maximum atomic E-state index is 4.38. The summed E-state index contributed by atoms with van der Waals surface area (Å²) in [6.45, 7) is 4.21. The van der Waals surface area contributed by atoms with Gasteiger partial charge in [-0.3, -0.25) is 5.10 Å². The highest BCUT2D eigenvalue weighted by Crippen LogP contribution is 2.19. The topological polar surface area (TPSA) is 78.5 Å². The maximum absolute atomic E-state index is 4.38. The molecule has 3 rings (SSSR count). The van der Waals surface area contributed by atoms with Gasteiger partial charge in [0.1, 0.15) is 12.1 Å². The lowest BCUT2D eigenvalue weighted by Gasteiger charge is -2.22. The Bertz CT molecular complexity index is 558. The fourth-order valence-corrected chi connectivity index (χ4v) is 2.57. The average molecular weight is 272 g/mol. The summed E-state index contributed by atoms with van der Waals surface area (Å²) >= 11 is 0. The molecule has 0 atom stereocenters. The van der Waals surface area contributed by atoms with E-state index in [-0.39, 0.29) is 0 Å². The van der Waals surface area contributed by atoms with Crippen LogP contribution >= 0.6 is 0 Å². The van der Waals surface area contributed by atoms with Gasteiger partial charge in [0.2, 0.25) is 0 Å². The summed E-state index contributed by atoms with van der Waals surface area (Å²) in [6, 6.07) is 3.97. The summed E-state index contributed by atoms with van der Waals surface area (Å²) in [7, 11) is 0. The third-order valence-corrected chi connectivity index (χ3v) is 3.64. The van der Waals surface area contributed by atoms with E-state index >= 15 is 0 Å². The zero-order chi connectivity index (χ0) is 13.8. The molecule has 0 aliphatic carbocycles. The van der Waals surface area contributed by atoms with Crippen LogP contribution in [0.3, 0.4) is 0 Å². The molecular formula is C14H20N6. The monoisotopic (exact) mass is 272 g/mol. The van der Waals surface area contributed by atoms with Gasteiger partial charge in [-0.15, -0.1) is 0 Å². The zero-order valence-electron chi connectivity index (χ0n) is 11.7. The van der Waals surface area contributed by atoms with E-state index in [9.17, 15) is 0 Å². The molecule has 20 heavy (non-hydrogen) atoms. The fraction of sp³-hybridized carbons (Fsp3) is 0.500. The first kappa shape index (κ1) is 13.1. The van der Waals surface area contributed by atoms with E-state index in [2.05, 4.69) is 30.8 Å². The number of H-pyrrole nitrogens is 1. The summed E-state index contributed by atoms with van der Waals surface area (Å²) in [4.78, 5) is 8.63. The van der Waals surface area contributed by atoms with Crippen LogP contribution in [0, 0.1) is 12.8 Å². The van der Waals surface area contributed by atoms with Crippen molar-refractivity contribution in [2.75, 3.05) is 18.4 Å². The molecule has 6 heteroatoms. The number of aromatic amines is 1. The molecule has 2 aromatic heterocycles. The van der Waals surface area contributed by atoms with Crippen LogP contribution in [0.5, 0.6) is 0 Å². The van der Waals surface area contributed by atoms with Gasteiger partial charge >= 0.3 is 0 Å². The molecule has 106 valence electrons. The third-order valence-electron chi connectivity index (χ3n) is 3.64. The molecule has 0 aromatic carbocycles. The second-order valence-electron chi connectivity index (χ2n) is 5.35. The number of anilines is 2. The molecule has 0 unspecified atom stereocenters. The minimum atomic E-state index is 0.728. The first-order valence-corrected chi connectivity index (χ1v) is 7.10. The van der Waals surface area contributed by atoms with E-state index < -0.39 is 0 Å². The molecule has 1 saturated heterocycles. The van der Waals surface area contributed by atoms with E-state index in [1.165, 1.54) is 12.8 Å². The summed E-state index contributed by atoms with van der Waals surface area (Å²) in [5.74, 6) is 2.32. The highest BCUT2D eigenvalue weighted by Gasteiger charge is 2.14. The molecule has 0 bridgehead atoms. The number of aryl methyl sites for hydroxylation is 1. The Morgan fingerprint density at radius 1 is 1.20 bits per heavy atom. The fourth-order valence-electron chi connectivity index (χ4n) is 2.57. The van der Waals surface area contributed by atoms with Crippen LogP contribution < -0.4 is 10.6 Å². The molecule has 3 N–H and O–H groups in total. The number of piperidine rings is 1. The third kappa shape index (κ3) is 3.33. The Hall–Kier alpha value is -1.95. The lowest BCUT2D eigenvalue weighted by atomic mass is 9.93. The van der Waals surface area contributed by atoms with Gasteiger partial charge in [0.05, 0.1) is 0 Å². The number of rotatable bonds is 4. The molecular weight excluding hydrogens is 252 g/mol. The molecule has 2 aromatic rings. The SMILES string of the molecule is Cc1cc(Nc2cc(CC3CCNCC3)ncn2)n[nH]1. The number of aromatic nitrogens is 4. The van der Waals surface area contributed by atoms with Crippen LogP contribution in [0.25, 0.3) is 0 Å². The predicted octanol–water partition coefficient (Wildman–Crippen LogP) is 1.79. The number of nitrogens with zero attached hydrogens (tertiary/aromatic N) is 3. The quantitative estimate of drug-likeness (QED) is 0.791. The molecule has 1 aliphatic rings. The molecule has 1 aliphatic heterocycles. The van der Waals surface area contributed by atoms with Crippen LogP contribution in [-0.4, -0.2) is 33.3 Å². The van der Waals surface area contributed by atoms with Crippen molar-refractivity contribution in [2.24, 2.45) is 5.92 Å². The van der Waals surface area contributed by atoms with E-state index in [0.29, 0.717) is 0 Å². The molecule has 0 saturated carbocycles. The second kappa shape index (κ2) is 6.00. The van der Waals surface area contributed by atoms with E-state index in [0.717, 1.165) is 48.5 Å². The number of hydrogen-bond donors (Lipinski definition) is 3. The van der Waals surface area contributed by atoms with Crippen molar-refractivity contribution in [3.63, 3.8) is 0 Å². The first-order valence-electron chi connectivity index (χ1n) is 7.10. The Balaban J connectivity index is 1.65. The minimum Gasteiger partial charge on any atom is -0.323 e. The summed E-state index contributed by atoms with van der Waals surface area (Å²) in [5, 5.41) is 13.6. The normalized spacial score (nSPS) is 16.2. The van der Waals surface area contributed by atoms with Crippen molar-refractivity contribution in [3.05, 3.63) is 29.8 Å². The van der Waals surface area contributed by atoms with Crippen LogP contribution in [-0.2, 0) is 6.42 Å². The van der Waals surface area contributed by atoms with Crippen molar-refractivity contribution in [3.8, 4) is 0 Å². The van der Waals surface area contributed by atoms with Crippen molar-refractivity contribution in [1.82, 2.24) is 25.5 Å². The smallest absolute Gasteiger partial charge is 0.153 e. The van der Waals surface area contributed by atoms with Gasteiger partial charge < -0.3 is 10.6 Å². The van der Waals surface area contributed by atoms with E-state index in [1.807, 2.05) is 19.1 Å². The maximum Gasteiger partial charge on any atom is 0.153 e. The van der Waals surface area contributed by atoms with Gasteiger partial charge in [0.25, 0.3) is 0 Å². The summed E-state index contributed by atoms with van der Waals surface area (Å²) in [6.07, 6.45) is 5.10. The lowest BCUT2D eigenvalue weighted by Crippen LogP contribution is -2.28. The van der Waals surface area contributed by atoms with Crippen LogP contribution in [0.4, 0.5) is 11.6 Å². The second-order valence-corrected chi connectivity index (χ2v) is 5.35. The molecule has 0 radical (unpaired) electrons. The van der Waals surface area contributed by atoms with Crippen molar-refractivity contribution in [2.45, 2.75) is 26.2 Å². The Kier molecular flexibility index (Phi) is 3.92. The highest BCUT2D eigenvalue weighted by atomic mass is 15.2. The van der Waals surface area contributed by atoms with E-state index in [1.54, 1.807) is 6.33 Å². The van der Waals surface area contributed by atoms with Gasteiger partial charge in [-0.1, -0.05) is 0 Å². The largest absolute Gasteiger partial charge is 0.323 e.